The van der Waals surface area contributed by atoms with Gasteiger partial charge >= 0.3 is 12.0 Å². The highest BCUT2D eigenvalue weighted by Gasteiger charge is 2.56. The monoisotopic (exact) mass is 409 g/mol. The van der Waals surface area contributed by atoms with Gasteiger partial charge in [-0.1, -0.05) is 11.6 Å². The van der Waals surface area contributed by atoms with Crippen molar-refractivity contribution in [3.8, 4) is 5.75 Å². The Labute approximate surface area is 166 Å². The molecule has 1 aromatic rings. The van der Waals surface area contributed by atoms with Gasteiger partial charge < -0.3 is 20.1 Å². The normalized spacial score (nSPS) is 21.3. The molecule has 1 aliphatic heterocycles. The van der Waals surface area contributed by atoms with E-state index in [0.29, 0.717) is 16.5 Å². The Morgan fingerprint density at radius 2 is 2.07 bits per heavy atom. The molecule has 2 N–H and O–H groups in total. The predicted molar refractivity (Wildman–Crippen MR) is 99.0 cm³/mol. The Hall–Kier alpha value is -2.81. The molecule has 1 heterocycles. The third-order valence-corrected chi connectivity index (χ3v) is 5.08. The number of carbonyl (C=O) groups is 4. The maximum Gasteiger partial charge on any atom is 0.326 e. The number of urea groups is 1. The molecule has 1 aliphatic carbocycles. The van der Waals surface area contributed by atoms with E-state index in [0.717, 1.165) is 17.7 Å². The topological polar surface area (TPSA) is 114 Å². The van der Waals surface area contributed by atoms with Gasteiger partial charge in [0.15, 0.2) is 6.61 Å². The van der Waals surface area contributed by atoms with Crippen LogP contribution in [0.15, 0.2) is 18.2 Å². The van der Waals surface area contributed by atoms with Gasteiger partial charge in [-0.25, -0.2) is 4.79 Å². The molecular weight excluding hydrogens is 390 g/mol. The number of nitrogens with zero attached hydrogens (tertiary/aromatic N) is 1. The Morgan fingerprint density at radius 1 is 1.36 bits per heavy atom. The summed E-state index contributed by atoms with van der Waals surface area (Å²) >= 11 is 5.98. The Bertz CT molecular complexity index is 841. The summed E-state index contributed by atoms with van der Waals surface area (Å²) in [6.45, 7) is 0.546. The lowest BCUT2D eigenvalue weighted by molar-refractivity contribution is -0.150. The molecule has 1 atom stereocenters. The number of imide groups is 1. The molecule has 9 nitrogen and oxygen atoms in total. The number of nitrogens with one attached hydrogen (secondary N) is 2. The van der Waals surface area contributed by atoms with Crippen molar-refractivity contribution in [3.05, 3.63) is 23.2 Å². The first-order chi connectivity index (χ1) is 13.2. The minimum atomic E-state index is -0.970. The molecule has 2 fully saturated rings. The van der Waals surface area contributed by atoms with E-state index in [4.69, 9.17) is 21.1 Å². The van der Waals surface area contributed by atoms with Crippen molar-refractivity contribution in [2.45, 2.75) is 25.3 Å². The van der Waals surface area contributed by atoms with Gasteiger partial charge in [0.25, 0.3) is 11.8 Å². The van der Waals surface area contributed by atoms with Gasteiger partial charge in [-0.2, -0.15) is 0 Å². The molecule has 150 valence electrons. The van der Waals surface area contributed by atoms with Crippen LogP contribution in [0.5, 0.6) is 5.75 Å². The number of halogens is 1. The van der Waals surface area contributed by atoms with E-state index in [1.165, 1.54) is 13.2 Å². The van der Waals surface area contributed by atoms with E-state index in [9.17, 15) is 19.2 Å². The smallest absolute Gasteiger partial charge is 0.326 e. The highest BCUT2D eigenvalue weighted by Crippen LogP contribution is 2.42. The van der Waals surface area contributed by atoms with Gasteiger partial charge in [0.1, 0.15) is 17.8 Å². The third kappa shape index (κ3) is 4.04. The number of hydrogen-bond donors (Lipinski definition) is 2. The average Bonchev–Trinajstić information content (AvgIpc) is 3.46. The molecular formula is C18H20ClN3O6. The molecule has 0 radical (unpaired) electrons. The zero-order chi connectivity index (χ0) is 20.5. The van der Waals surface area contributed by atoms with Crippen LogP contribution in [-0.4, -0.2) is 54.5 Å². The second-order valence-electron chi connectivity index (χ2n) is 6.86. The third-order valence-electron chi connectivity index (χ3n) is 4.78. The van der Waals surface area contributed by atoms with Crippen LogP contribution in [0.3, 0.4) is 0 Å². The lowest BCUT2D eigenvalue weighted by atomic mass is 9.96. The van der Waals surface area contributed by atoms with Crippen LogP contribution in [0, 0.1) is 5.92 Å². The van der Waals surface area contributed by atoms with Crippen molar-refractivity contribution in [1.82, 2.24) is 10.2 Å². The van der Waals surface area contributed by atoms with Crippen molar-refractivity contribution in [1.29, 1.82) is 0 Å². The first-order valence-corrected chi connectivity index (χ1v) is 9.05. The van der Waals surface area contributed by atoms with Crippen molar-refractivity contribution in [2.24, 2.45) is 5.92 Å². The van der Waals surface area contributed by atoms with Gasteiger partial charge in [0.2, 0.25) is 0 Å². The second-order valence-corrected chi connectivity index (χ2v) is 7.26. The number of anilines is 1. The highest BCUT2D eigenvalue weighted by atomic mass is 35.5. The molecule has 0 bridgehead atoms. The summed E-state index contributed by atoms with van der Waals surface area (Å²) in [6.07, 6.45) is 1.71. The zero-order valence-corrected chi connectivity index (χ0v) is 16.2. The van der Waals surface area contributed by atoms with Gasteiger partial charge in [-0.15, -0.1) is 0 Å². The number of methoxy groups -OCH3 is 1. The second kappa shape index (κ2) is 7.67. The molecule has 1 aromatic carbocycles. The summed E-state index contributed by atoms with van der Waals surface area (Å²) in [5.74, 6) is -1.35. The number of amides is 4. The van der Waals surface area contributed by atoms with E-state index < -0.39 is 42.5 Å². The van der Waals surface area contributed by atoms with Crippen molar-refractivity contribution in [2.75, 3.05) is 25.6 Å². The summed E-state index contributed by atoms with van der Waals surface area (Å²) in [5, 5.41) is 5.47. The van der Waals surface area contributed by atoms with Crippen molar-refractivity contribution in [3.63, 3.8) is 0 Å². The number of benzene rings is 1. The fourth-order valence-corrected chi connectivity index (χ4v) is 3.32. The van der Waals surface area contributed by atoms with Crippen LogP contribution in [-0.2, 0) is 19.1 Å². The molecule has 4 amide bonds. The highest BCUT2D eigenvalue weighted by molar-refractivity contribution is 6.32. The van der Waals surface area contributed by atoms with E-state index in [1.807, 2.05) is 0 Å². The number of carbonyl (C=O) groups excluding carboxylic acids is 4. The minimum Gasteiger partial charge on any atom is -0.495 e. The minimum absolute atomic E-state index is 0.0899. The van der Waals surface area contributed by atoms with Crippen LogP contribution in [0.2, 0.25) is 5.02 Å². The summed E-state index contributed by atoms with van der Waals surface area (Å²) in [4.78, 5) is 49.2. The van der Waals surface area contributed by atoms with Crippen LogP contribution in [0.1, 0.15) is 19.8 Å². The van der Waals surface area contributed by atoms with Crippen LogP contribution in [0.25, 0.3) is 0 Å². The molecule has 0 unspecified atom stereocenters. The van der Waals surface area contributed by atoms with Crippen LogP contribution < -0.4 is 15.4 Å². The maximum atomic E-state index is 12.5. The van der Waals surface area contributed by atoms with Crippen molar-refractivity contribution >= 4 is 41.1 Å². The first-order valence-electron chi connectivity index (χ1n) is 8.67. The Morgan fingerprint density at radius 3 is 2.68 bits per heavy atom. The van der Waals surface area contributed by atoms with Crippen molar-refractivity contribution < 1.29 is 28.7 Å². The molecule has 0 spiro atoms. The summed E-state index contributed by atoms with van der Waals surface area (Å²) in [5.41, 5.74) is -0.566. The fourth-order valence-electron chi connectivity index (χ4n) is 3.06. The first kappa shape index (κ1) is 19.9. The maximum absolute atomic E-state index is 12.5. The number of ether oxygens (including phenoxy) is 2. The average molecular weight is 410 g/mol. The molecule has 3 rings (SSSR count). The quantitative estimate of drug-likeness (QED) is 0.521. The van der Waals surface area contributed by atoms with E-state index in [1.54, 1.807) is 19.1 Å². The summed E-state index contributed by atoms with van der Waals surface area (Å²) < 4.78 is 9.89. The molecule has 1 saturated carbocycles. The lowest BCUT2D eigenvalue weighted by Gasteiger charge is -2.20. The van der Waals surface area contributed by atoms with E-state index >= 15 is 0 Å². The van der Waals surface area contributed by atoms with Gasteiger partial charge in [0, 0.05) is 5.69 Å². The number of esters is 1. The van der Waals surface area contributed by atoms with Gasteiger partial charge in [-0.05, 0) is 43.9 Å². The molecule has 28 heavy (non-hydrogen) atoms. The SMILES string of the molecule is COc1ccc(NC(=O)COC(=O)CN2C(=O)N[C@@](C)(C3CC3)C2=O)cc1Cl. The Kier molecular flexibility index (Phi) is 5.46. The number of hydrogen-bond acceptors (Lipinski definition) is 6. The van der Waals surface area contributed by atoms with Crippen LogP contribution >= 0.6 is 11.6 Å². The predicted octanol–water partition coefficient (Wildman–Crippen LogP) is 1.55. The molecule has 0 aromatic heterocycles. The fraction of sp³-hybridized carbons (Fsp3) is 0.444. The van der Waals surface area contributed by atoms with E-state index in [-0.39, 0.29) is 5.92 Å². The standard InChI is InChI=1S/C18H20ClN3O6/c1-18(10-3-4-10)16(25)22(17(26)21-18)8-15(24)28-9-14(23)20-11-5-6-13(27-2)12(19)7-11/h5-7,10H,3-4,8-9H2,1-2H3,(H,20,23)(H,21,26)/t18-/m0/s1. The summed E-state index contributed by atoms with van der Waals surface area (Å²) in [7, 11) is 1.47. The summed E-state index contributed by atoms with van der Waals surface area (Å²) in [6, 6.07) is 4.02. The lowest BCUT2D eigenvalue weighted by Crippen LogP contribution is -2.46. The Balaban J connectivity index is 1.49. The largest absolute Gasteiger partial charge is 0.495 e. The number of rotatable bonds is 7. The molecule has 2 aliphatic rings. The zero-order valence-electron chi connectivity index (χ0n) is 15.4. The van der Waals surface area contributed by atoms with E-state index in [2.05, 4.69) is 10.6 Å². The molecule has 1 saturated heterocycles. The van der Waals surface area contributed by atoms with Gasteiger partial charge in [0.05, 0.1) is 12.1 Å². The van der Waals surface area contributed by atoms with Gasteiger partial charge in [-0.3, -0.25) is 19.3 Å². The molecule has 10 heteroatoms. The van der Waals surface area contributed by atoms with Crippen LogP contribution in [0.4, 0.5) is 10.5 Å².